The van der Waals surface area contributed by atoms with E-state index in [0.717, 1.165) is 16.5 Å². The zero-order valence-electron chi connectivity index (χ0n) is 11.0. The number of ether oxygens (including phenoxy) is 1. The van der Waals surface area contributed by atoms with Crippen LogP contribution in [0, 0.1) is 0 Å². The number of carboxylic acids is 1. The molecule has 0 radical (unpaired) electrons. The number of amides is 1. The summed E-state index contributed by atoms with van der Waals surface area (Å²) in [6.45, 7) is 0.288. The zero-order valence-corrected chi connectivity index (χ0v) is 11.8. The van der Waals surface area contributed by atoms with Gasteiger partial charge in [0.2, 0.25) is 0 Å². The van der Waals surface area contributed by atoms with Crippen LogP contribution in [-0.4, -0.2) is 17.0 Å². The van der Waals surface area contributed by atoms with E-state index in [0.29, 0.717) is 11.3 Å². The standard InChI is InChI=1S/C15H13NO4S/c16-15(19)12-3-1-2-4-13(12)20-8-11-7-10(9-21-11)5-6-14(17)18/h1-7,9H,8H2,(H2,16,19)(H,17,18). The van der Waals surface area contributed by atoms with Crippen molar-refractivity contribution in [3.8, 4) is 5.75 Å². The molecule has 3 N–H and O–H groups in total. The average molecular weight is 303 g/mol. The van der Waals surface area contributed by atoms with Gasteiger partial charge in [-0.2, -0.15) is 0 Å². The van der Waals surface area contributed by atoms with Crippen molar-refractivity contribution in [1.29, 1.82) is 0 Å². The van der Waals surface area contributed by atoms with Crippen molar-refractivity contribution in [2.45, 2.75) is 6.61 Å². The maximum Gasteiger partial charge on any atom is 0.328 e. The summed E-state index contributed by atoms with van der Waals surface area (Å²) in [5.74, 6) is -1.10. The van der Waals surface area contributed by atoms with Crippen molar-refractivity contribution in [2.75, 3.05) is 0 Å². The van der Waals surface area contributed by atoms with Gasteiger partial charge in [0.1, 0.15) is 12.4 Å². The summed E-state index contributed by atoms with van der Waals surface area (Å²) in [6.07, 6.45) is 2.59. The second-order valence-corrected chi connectivity index (χ2v) is 5.16. The summed E-state index contributed by atoms with van der Waals surface area (Å²) in [7, 11) is 0. The second-order valence-electron chi connectivity index (χ2n) is 4.17. The Balaban J connectivity index is 2.04. The van der Waals surface area contributed by atoms with Crippen LogP contribution in [0.3, 0.4) is 0 Å². The maximum absolute atomic E-state index is 11.3. The number of hydrogen-bond acceptors (Lipinski definition) is 4. The molecular formula is C15H13NO4S. The molecule has 1 amide bonds. The van der Waals surface area contributed by atoms with Crippen LogP contribution in [0.25, 0.3) is 6.08 Å². The van der Waals surface area contributed by atoms with Gasteiger partial charge in [-0.05, 0) is 35.2 Å². The molecule has 1 aromatic heterocycles. The van der Waals surface area contributed by atoms with Gasteiger partial charge < -0.3 is 15.6 Å². The lowest BCUT2D eigenvalue weighted by Crippen LogP contribution is -2.12. The van der Waals surface area contributed by atoms with E-state index in [1.165, 1.54) is 17.4 Å². The average Bonchev–Trinajstić information content (AvgIpc) is 2.91. The molecule has 0 aliphatic rings. The number of carbonyl (C=O) groups excluding carboxylic acids is 1. The fraction of sp³-hybridized carbons (Fsp3) is 0.0667. The van der Waals surface area contributed by atoms with Crippen LogP contribution in [0.2, 0.25) is 0 Å². The minimum atomic E-state index is -0.991. The van der Waals surface area contributed by atoms with Crippen molar-refractivity contribution in [2.24, 2.45) is 5.73 Å². The van der Waals surface area contributed by atoms with E-state index < -0.39 is 11.9 Å². The summed E-state index contributed by atoms with van der Waals surface area (Å²) < 4.78 is 5.59. The van der Waals surface area contributed by atoms with Crippen LogP contribution in [0.1, 0.15) is 20.8 Å². The van der Waals surface area contributed by atoms with Crippen molar-refractivity contribution in [1.82, 2.24) is 0 Å². The number of hydrogen-bond donors (Lipinski definition) is 2. The normalized spacial score (nSPS) is 10.7. The molecule has 1 aromatic carbocycles. The summed E-state index contributed by atoms with van der Waals surface area (Å²) in [4.78, 5) is 22.6. The third kappa shape index (κ3) is 4.19. The van der Waals surface area contributed by atoms with Gasteiger partial charge in [0.05, 0.1) is 5.56 Å². The van der Waals surface area contributed by atoms with Crippen molar-refractivity contribution in [3.63, 3.8) is 0 Å². The first-order valence-electron chi connectivity index (χ1n) is 6.06. The SMILES string of the molecule is NC(=O)c1ccccc1OCc1cc(C=CC(=O)O)cs1. The van der Waals surface area contributed by atoms with Crippen LogP contribution in [0.15, 0.2) is 41.8 Å². The summed E-state index contributed by atoms with van der Waals surface area (Å²) in [5, 5.41) is 10.4. The number of primary amides is 1. The fourth-order valence-corrected chi connectivity index (χ4v) is 2.44. The fourth-order valence-electron chi connectivity index (χ4n) is 1.67. The minimum absolute atomic E-state index is 0.288. The van der Waals surface area contributed by atoms with E-state index in [2.05, 4.69) is 0 Å². The van der Waals surface area contributed by atoms with E-state index in [4.69, 9.17) is 15.6 Å². The molecule has 2 rings (SSSR count). The molecular weight excluding hydrogens is 290 g/mol. The number of para-hydroxylation sites is 1. The minimum Gasteiger partial charge on any atom is -0.487 e. The Morgan fingerprint density at radius 1 is 1.33 bits per heavy atom. The predicted molar refractivity (Wildman–Crippen MR) is 80.3 cm³/mol. The number of nitrogens with two attached hydrogens (primary N) is 1. The molecule has 0 saturated heterocycles. The molecule has 0 bridgehead atoms. The summed E-state index contributed by atoms with van der Waals surface area (Å²) in [6, 6.07) is 8.59. The van der Waals surface area contributed by atoms with E-state index in [9.17, 15) is 9.59 Å². The van der Waals surface area contributed by atoms with Gasteiger partial charge in [-0.25, -0.2) is 4.79 Å². The van der Waals surface area contributed by atoms with Crippen LogP contribution in [-0.2, 0) is 11.4 Å². The van der Waals surface area contributed by atoms with Gasteiger partial charge in [0.25, 0.3) is 5.91 Å². The van der Waals surface area contributed by atoms with Crippen LogP contribution in [0.4, 0.5) is 0 Å². The van der Waals surface area contributed by atoms with Gasteiger partial charge in [-0.3, -0.25) is 4.79 Å². The molecule has 1 heterocycles. The number of carboxylic acid groups (broad SMARTS) is 1. The molecule has 0 aliphatic carbocycles. The first-order valence-corrected chi connectivity index (χ1v) is 6.94. The van der Waals surface area contributed by atoms with Gasteiger partial charge in [0, 0.05) is 11.0 Å². The second kappa shape index (κ2) is 6.71. The van der Waals surface area contributed by atoms with E-state index in [1.54, 1.807) is 24.3 Å². The summed E-state index contributed by atoms with van der Waals surface area (Å²) in [5.41, 5.74) is 6.40. The Labute approximate surface area is 125 Å². The van der Waals surface area contributed by atoms with Gasteiger partial charge in [-0.1, -0.05) is 12.1 Å². The summed E-state index contributed by atoms with van der Waals surface area (Å²) >= 11 is 1.45. The quantitative estimate of drug-likeness (QED) is 0.802. The molecule has 21 heavy (non-hydrogen) atoms. The number of aliphatic carboxylic acids is 1. The third-order valence-electron chi connectivity index (χ3n) is 2.61. The van der Waals surface area contributed by atoms with Gasteiger partial charge in [0.15, 0.2) is 0 Å². The van der Waals surface area contributed by atoms with Crippen molar-refractivity contribution < 1.29 is 19.4 Å². The number of benzene rings is 1. The highest BCUT2D eigenvalue weighted by atomic mass is 32.1. The largest absolute Gasteiger partial charge is 0.487 e. The zero-order chi connectivity index (χ0) is 15.2. The Morgan fingerprint density at radius 2 is 2.10 bits per heavy atom. The molecule has 108 valence electrons. The molecule has 5 nitrogen and oxygen atoms in total. The molecule has 0 saturated carbocycles. The lowest BCUT2D eigenvalue weighted by molar-refractivity contribution is -0.131. The monoisotopic (exact) mass is 303 g/mol. The third-order valence-corrected chi connectivity index (χ3v) is 3.54. The lowest BCUT2D eigenvalue weighted by atomic mass is 10.2. The Kier molecular flexibility index (Phi) is 4.73. The molecule has 2 aromatic rings. The topological polar surface area (TPSA) is 89.6 Å². The van der Waals surface area contributed by atoms with E-state index in [-0.39, 0.29) is 6.61 Å². The molecule has 0 unspecified atom stereocenters. The smallest absolute Gasteiger partial charge is 0.328 e. The highest BCUT2D eigenvalue weighted by Gasteiger charge is 2.08. The molecule has 0 atom stereocenters. The number of carbonyl (C=O) groups is 2. The predicted octanol–water partition coefficient (Wildman–Crippen LogP) is 2.52. The van der Waals surface area contributed by atoms with Crippen molar-refractivity contribution >= 4 is 29.3 Å². The lowest BCUT2D eigenvalue weighted by Gasteiger charge is -2.07. The van der Waals surface area contributed by atoms with Crippen LogP contribution in [0.5, 0.6) is 5.75 Å². The Bertz CT molecular complexity index is 690. The van der Waals surface area contributed by atoms with E-state index in [1.807, 2.05) is 11.4 Å². The Morgan fingerprint density at radius 3 is 2.81 bits per heavy atom. The van der Waals surface area contributed by atoms with Gasteiger partial charge >= 0.3 is 5.97 Å². The number of thiophene rings is 1. The number of rotatable bonds is 6. The van der Waals surface area contributed by atoms with Gasteiger partial charge in [-0.15, -0.1) is 11.3 Å². The highest BCUT2D eigenvalue weighted by Crippen LogP contribution is 2.22. The maximum atomic E-state index is 11.3. The Hall–Kier alpha value is -2.60. The highest BCUT2D eigenvalue weighted by molar-refractivity contribution is 7.10. The first kappa shape index (κ1) is 14.8. The first-order chi connectivity index (χ1) is 10.1. The molecule has 0 aliphatic heterocycles. The van der Waals surface area contributed by atoms with Crippen molar-refractivity contribution in [3.05, 3.63) is 57.8 Å². The molecule has 6 heteroatoms. The van der Waals surface area contributed by atoms with E-state index >= 15 is 0 Å². The molecule has 0 spiro atoms. The van der Waals surface area contributed by atoms with Crippen LogP contribution >= 0.6 is 11.3 Å². The van der Waals surface area contributed by atoms with Crippen LogP contribution < -0.4 is 10.5 Å². The molecule has 0 fully saturated rings.